The summed E-state index contributed by atoms with van der Waals surface area (Å²) in [5.74, 6) is 1.88. The largest absolute Gasteiger partial charge is 0.456 e. The van der Waals surface area contributed by atoms with Gasteiger partial charge in [-0.3, -0.25) is 0 Å². The Kier molecular flexibility index (Phi) is 6.19. The third-order valence-electron chi connectivity index (χ3n) is 10.3. The van der Waals surface area contributed by atoms with Crippen molar-refractivity contribution in [2.45, 2.75) is 19.3 Å². The van der Waals surface area contributed by atoms with Crippen LogP contribution in [0.4, 0.5) is 0 Å². The number of rotatable bonds is 4. The van der Waals surface area contributed by atoms with Crippen LogP contribution in [0.1, 0.15) is 25.0 Å². The standard InChI is InChI=1S/C46H31N3O/c1-46(2)38-17-10-16-37(41(38)36-26-23-30-13-6-7-14-33(30)42(36)46)45-48-43(31-21-19-29(20-22-31)28-11-4-3-5-12-28)47-44(49-45)32-24-25-35-34-15-8-9-18-39(34)50-40(35)27-32/h3-27H,1-2H3. The summed E-state index contributed by atoms with van der Waals surface area (Å²) >= 11 is 0. The van der Waals surface area contributed by atoms with Gasteiger partial charge in [0.25, 0.3) is 0 Å². The van der Waals surface area contributed by atoms with Gasteiger partial charge in [-0.2, -0.15) is 0 Å². The molecule has 0 fully saturated rings. The molecule has 0 radical (unpaired) electrons. The van der Waals surface area contributed by atoms with Gasteiger partial charge in [0.2, 0.25) is 0 Å². The smallest absolute Gasteiger partial charge is 0.164 e. The van der Waals surface area contributed by atoms with Crippen LogP contribution >= 0.6 is 0 Å². The summed E-state index contributed by atoms with van der Waals surface area (Å²) in [5.41, 5.74) is 11.6. The van der Waals surface area contributed by atoms with Gasteiger partial charge < -0.3 is 4.42 Å². The zero-order chi connectivity index (χ0) is 33.4. The van der Waals surface area contributed by atoms with Crippen molar-refractivity contribution in [3.05, 3.63) is 163 Å². The highest BCUT2D eigenvalue weighted by molar-refractivity contribution is 6.06. The molecule has 236 valence electrons. The van der Waals surface area contributed by atoms with Gasteiger partial charge in [0, 0.05) is 32.9 Å². The Morgan fingerprint density at radius 3 is 1.92 bits per heavy atom. The average Bonchev–Trinajstić information content (AvgIpc) is 3.66. The van der Waals surface area contributed by atoms with Crippen molar-refractivity contribution in [3.63, 3.8) is 0 Å². The highest BCUT2D eigenvalue weighted by Gasteiger charge is 2.38. The van der Waals surface area contributed by atoms with Gasteiger partial charge in [-0.15, -0.1) is 0 Å². The second kappa shape index (κ2) is 10.8. The summed E-state index contributed by atoms with van der Waals surface area (Å²) in [5, 5.41) is 4.70. The highest BCUT2D eigenvalue weighted by atomic mass is 16.3. The summed E-state index contributed by atoms with van der Waals surface area (Å²) in [4.78, 5) is 15.5. The van der Waals surface area contributed by atoms with Crippen molar-refractivity contribution >= 4 is 32.7 Å². The number of para-hydroxylation sites is 1. The molecule has 7 aromatic carbocycles. The predicted molar refractivity (Wildman–Crippen MR) is 204 cm³/mol. The maximum Gasteiger partial charge on any atom is 0.164 e. The molecule has 0 amide bonds. The molecule has 9 aromatic rings. The minimum absolute atomic E-state index is 0.195. The first-order chi connectivity index (χ1) is 24.5. The van der Waals surface area contributed by atoms with E-state index < -0.39 is 0 Å². The normalized spacial score (nSPS) is 13.2. The molecule has 2 heterocycles. The Bertz CT molecular complexity index is 2780. The van der Waals surface area contributed by atoms with Crippen LogP contribution < -0.4 is 0 Å². The fraction of sp³-hybridized carbons (Fsp3) is 0.0652. The third kappa shape index (κ3) is 4.35. The number of hydrogen-bond acceptors (Lipinski definition) is 4. The Labute approximate surface area is 289 Å². The number of furan rings is 1. The van der Waals surface area contributed by atoms with Crippen LogP contribution in [-0.4, -0.2) is 15.0 Å². The maximum atomic E-state index is 6.29. The van der Waals surface area contributed by atoms with E-state index in [-0.39, 0.29) is 5.41 Å². The molecule has 4 heteroatoms. The van der Waals surface area contributed by atoms with E-state index in [1.54, 1.807) is 0 Å². The first-order valence-corrected chi connectivity index (χ1v) is 17.0. The molecular weight excluding hydrogens is 611 g/mol. The van der Waals surface area contributed by atoms with Crippen LogP contribution in [-0.2, 0) is 5.41 Å². The molecule has 0 saturated heterocycles. The topological polar surface area (TPSA) is 51.8 Å². The van der Waals surface area contributed by atoms with Crippen LogP contribution in [0.15, 0.2) is 156 Å². The van der Waals surface area contributed by atoms with Crippen LogP contribution in [0.3, 0.4) is 0 Å². The predicted octanol–water partition coefficient (Wildman–Crippen LogP) is 11.9. The lowest BCUT2D eigenvalue weighted by Crippen LogP contribution is -2.15. The van der Waals surface area contributed by atoms with E-state index in [0.717, 1.165) is 44.2 Å². The Hall–Kier alpha value is -6.39. The van der Waals surface area contributed by atoms with E-state index >= 15 is 0 Å². The van der Waals surface area contributed by atoms with Crippen molar-refractivity contribution in [2.24, 2.45) is 0 Å². The molecule has 1 aliphatic carbocycles. The van der Waals surface area contributed by atoms with E-state index in [4.69, 9.17) is 19.4 Å². The van der Waals surface area contributed by atoms with Crippen LogP contribution in [0.2, 0.25) is 0 Å². The fourth-order valence-corrected chi connectivity index (χ4v) is 7.90. The van der Waals surface area contributed by atoms with Crippen molar-refractivity contribution < 1.29 is 4.42 Å². The van der Waals surface area contributed by atoms with Gasteiger partial charge in [-0.05, 0) is 62.4 Å². The summed E-state index contributed by atoms with van der Waals surface area (Å²) < 4.78 is 6.29. The zero-order valence-electron chi connectivity index (χ0n) is 27.7. The first kappa shape index (κ1) is 28.6. The molecule has 1 aliphatic rings. The zero-order valence-corrected chi connectivity index (χ0v) is 27.7. The lowest BCUT2D eigenvalue weighted by Gasteiger charge is -2.23. The summed E-state index contributed by atoms with van der Waals surface area (Å²) in [7, 11) is 0. The quantitative estimate of drug-likeness (QED) is 0.192. The number of hydrogen-bond donors (Lipinski definition) is 0. The molecule has 10 rings (SSSR count). The lowest BCUT2D eigenvalue weighted by atomic mass is 9.80. The fourth-order valence-electron chi connectivity index (χ4n) is 7.90. The van der Waals surface area contributed by atoms with Gasteiger partial charge in [-0.1, -0.05) is 147 Å². The van der Waals surface area contributed by atoms with Crippen molar-refractivity contribution in [1.29, 1.82) is 0 Å². The third-order valence-corrected chi connectivity index (χ3v) is 10.3. The summed E-state index contributed by atoms with van der Waals surface area (Å²) in [6, 6.07) is 53.0. The van der Waals surface area contributed by atoms with E-state index in [9.17, 15) is 0 Å². The van der Waals surface area contributed by atoms with Crippen molar-refractivity contribution in [2.75, 3.05) is 0 Å². The first-order valence-electron chi connectivity index (χ1n) is 17.0. The average molecular weight is 642 g/mol. The molecule has 0 spiro atoms. The monoisotopic (exact) mass is 641 g/mol. The van der Waals surface area contributed by atoms with E-state index in [0.29, 0.717) is 17.5 Å². The van der Waals surface area contributed by atoms with E-state index in [1.807, 2.05) is 24.3 Å². The molecule has 0 unspecified atom stereocenters. The van der Waals surface area contributed by atoms with Gasteiger partial charge in [0.1, 0.15) is 11.2 Å². The van der Waals surface area contributed by atoms with Crippen LogP contribution in [0.5, 0.6) is 0 Å². The maximum absolute atomic E-state index is 6.29. The van der Waals surface area contributed by atoms with Gasteiger partial charge in [0.05, 0.1) is 0 Å². The van der Waals surface area contributed by atoms with Gasteiger partial charge in [-0.25, -0.2) is 15.0 Å². The van der Waals surface area contributed by atoms with E-state index in [1.165, 1.54) is 38.6 Å². The molecular formula is C46H31N3O. The van der Waals surface area contributed by atoms with E-state index in [2.05, 4.69) is 141 Å². The van der Waals surface area contributed by atoms with Crippen molar-refractivity contribution in [1.82, 2.24) is 15.0 Å². The van der Waals surface area contributed by atoms with Crippen LogP contribution in [0, 0.1) is 0 Å². The van der Waals surface area contributed by atoms with Crippen LogP contribution in [0.25, 0.3) is 89.1 Å². The minimum atomic E-state index is -0.195. The molecule has 0 saturated carbocycles. The summed E-state index contributed by atoms with van der Waals surface area (Å²) in [6.45, 7) is 4.66. The molecule has 0 aliphatic heterocycles. The van der Waals surface area contributed by atoms with Gasteiger partial charge in [0.15, 0.2) is 17.5 Å². The van der Waals surface area contributed by atoms with Gasteiger partial charge >= 0.3 is 0 Å². The number of benzene rings is 7. The molecule has 0 atom stereocenters. The Balaban J connectivity index is 1.19. The molecule has 50 heavy (non-hydrogen) atoms. The number of nitrogens with zero attached hydrogens (tertiary/aromatic N) is 3. The highest BCUT2D eigenvalue weighted by Crippen LogP contribution is 2.54. The number of fused-ring (bicyclic) bond motifs is 8. The SMILES string of the molecule is CC1(C)c2cccc(-c3nc(-c4ccc(-c5ccccc5)cc4)nc(-c4ccc5c(c4)oc4ccccc45)n3)c2-c2ccc3ccccc3c21. The molecule has 2 aromatic heterocycles. The summed E-state index contributed by atoms with van der Waals surface area (Å²) in [6.07, 6.45) is 0. The van der Waals surface area contributed by atoms with Crippen molar-refractivity contribution in [3.8, 4) is 56.4 Å². The molecule has 4 nitrogen and oxygen atoms in total. The second-order valence-corrected chi connectivity index (χ2v) is 13.6. The molecule has 0 bridgehead atoms. The Morgan fingerprint density at radius 1 is 0.440 bits per heavy atom. The second-order valence-electron chi connectivity index (χ2n) is 13.6. The lowest BCUT2D eigenvalue weighted by molar-refractivity contribution is 0.666. The number of aromatic nitrogens is 3. The minimum Gasteiger partial charge on any atom is -0.456 e. The Morgan fingerprint density at radius 2 is 1.08 bits per heavy atom. The molecule has 0 N–H and O–H groups in total.